The number of H-pyrrole nitrogens is 1. The average molecular weight is 358 g/mol. The van der Waals surface area contributed by atoms with Gasteiger partial charge in [-0.2, -0.15) is 0 Å². The molecule has 1 atom stereocenters. The van der Waals surface area contributed by atoms with Gasteiger partial charge in [-0.05, 0) is 62.1 Å². The zero-order valence-electron chi connectivity index (χ0n) is 14.8. The van der Waals surface area contributed by atoms with Crippen LogP contribution >= 0.6 is 11.3 Å². The van der Waals surface area contributed by atoms with Crippen molar-refractivity contribution < 1.29 is 4.79 Å². The third-order valence-corrected chi connectivity index (χ3v) is 7.54. The van der Waals surface area contributed by atoms with E-state index in [2.05, 4.69) is 26.2 Å². The number of hydrogen-bond acceptors (Lipinski definition) is 3. The van der Waals surface area contributed by atoms with Crippen LogP contribution in [-0.4, -0.2) is 53.4 Å². The van der Waals surface area contributed by atoms with Crippen molar-refractivity contribution in [3.05, 3.63) is 23.2 Å². The van der Waals surface area contributed by atoms with Gasteiger partial charge in [-0.25, -0.2) is 0 Å². The molecule has 3 fully saturated rings. The Morgan fingerprint density at radius 3 is 2.96 bits per heavy atom. The molecule has 2 aliphatic heterocycles. The number of fused-ring (bicyclic) bond motifs is 1. The number of amides is 1. The zero-order chi connectivity index (χ0) is 16.9. The highest BCUT2D eigenvalue weighted by Crippen LogP contribution is 2.40. The van der Waals surface area contributed by atoms with Gasteiger partial charge in [0.25, 0.3) is 5.91 Å². The van der Waals surface area contributed by atoms with E-state index < -0.39 is 0 Å². The molecule has 0 unspecified atom stereocenters. The maximum Gasteiger partial charge on any atom is 0.270 e. The number of aromatic nitrogens is 1. The third kappa shape index (κ3) is 2.91. The molecular weight excluding hydrogens is 330 g/mol. The highest BCUT2D eigenvalue weighted by molar-refractivity contribution is 7.17. The second-order valence-electron chi connectivity index (χ2n) is 8.49. The zero-order valence-corrected chi connectivity index (χ0v) is 15.6. The minimum Gasteiger partial charge on any atom is -0.350 e. The summed E-state index contributed by atoms with van der Waals surface area (Å²) in [5.74, 6) is 1.14. The van der Waals surface area contributed by atoms with Gasteiger partial charge < -0.3 is 14.8 Å². The lowest BCUT2D eigenvalue weighted by molar-refractivity contribution is 0.0592. The molecule has 134 valence electrons. The number of nitrogens with one attached hydrogen (secondary N) is 1. The van der Waals surface area contributed by atoms with Crippen LogP contribution < -0.4 is 0 Å². The summed E-state index contributed by atoms with van der Waals surface area (Å²) in [5.41, 5.74) is 2.20. The van der Waals surface area contributed by atoms with E-state index in [0.29, 0.717) is 5.41 Å². The number of thiophene rings is 1. The van der Waals surface area contributed by atoms with Crippen LogP contribution in [-0.2, 0) is 0 Å². The predicted molar refractivity (Wildman–Crippen MR) is 102 cm³/mol. The lowest BCUT2D eigenvalue weighted by Crippen LogP contribution is -2.47. The molecule has 1 saturated carbocycles. The Kier molecular flexibility index (Phi) is 3.90. The fraction of sp³-hybridized carbons (Fsp3) is 0.650. The molecular formula is C20H27N3OS. The van der Waals surface area contributed by atoms with Crippen molar-refractivity contribution in [2.75, 3.05) is 32.7 Å². The Hall–Kier alpha value is -1.33. The van der Waals surface area contributed by atoms with Gasteiger partial charge in [0.05, 0.1) is 10.2 Å². The molecule has 0 bridgehead atoms. The van der Waals surface area contributed by atoms with Crippen molar-refractivity contribution in [1.29, 1.82) is 0 Å². The topological polar surface area (TPSA) is 39.3 Å². The van der Waals surface area contributed by atoms with Crippen LogP contribution in [0.3, 0.4) is 0 Å². The minimum absolute atomic E-state index is 0.191. The summed E-state index contributed by atoms with van der Waals surface area (Å²) < 4.78 is 1.18. The summed E-state index contributed by atoms with van der Waals surface area (Å²) in [6, 6.07) is 4.08. The van der Waals surface area contributed by atoms with Gasteiger partial charge in [-0.3, -0.25) is 4.79 Å². The summed E-state index contributed by atoms with van der Waals surface area (Å²) >= 11 is 1.69. The van der Waals surface area contributed by atoms with E-state index in [1.165, 1.54) is 62.9 Å². The van der Waals surface area contributed by atoms with Crippen molar-refractivity contribution >= 4 is 27.5 Å². The minimum atomic E-state index is 0.191. The summed E-state index contributed by atoms with van der Waals surface area (Å²) in [5, 5.41) is 2.07. The van der Waals surface area contributed by atoms with Crippen LogP contribution in [0.5, 0.6) is 0 Å². The van der Waals surface area contributed by atoms with Crippen LogP contribution in [0.25, 0.3) is 10.2 Å². The van der Waals surface area contributed by atoms with E-state index >= 15 is 0 Å². The van der Waals surface area contributed by atoms with Gasteiger partial charge in [-0.1, -0.05) is 6.42 Å². The third-order valence-electron chi connectivity index (χ3n) is 6.68. The van der Waals surface area contributed by atoms with E-state index in [1.807, 2.05) is 6.07 Å². The molecule has 1 N–H and O–H groups in total. The number of carbonyl (C=O) groups is 1. The van der Waals surface area contributed by atoms with Gasteiger partial charge in [0.15, 0.2) is 0 Å². The van der Waals surface area contributed by atoms with Gasteiger partial charge in [0.1, 0.15) is 5.69 Å². The number of likely N-dealkylation sites (tertiary alicyclic amines) is 2. The monoisotopic (exact) mass is 357 g/mol. The van der Waals surface area contributed by atoms with Gasteiger partial charge in [0.2, 0.25) is 0 Å². The maximum atomic E-state index is 12.9. The Balaban J connectivity index is 1.26. The van der Waals surface area contributed by atoms with Crippen LogP contribution in [0, 0.1) is 11.3 Å². The Morgan fingerprint density at radius 1 is 1.24 bits per heavy atom. The maximum absolute atomic E-state index is 12.9. The number of rotatable bonds is 3. The summed E-state index contributed by atoms with van der Waals surface area (Å²) in [7, 11) is 0. The molecule has 0 radical (unpaired) electrons. The lowest BCUT2D eigenvalue weighted by Gasteiger charge is -2.43. The fourth-order valence-electron chi connectivity index (χ4n) is 5.08. The second kappa shape index (κ2) is 6.13. The second-order valence-corrected chi connectivity index (χ2v) is 9.44. The van der Waals surface area contributed by atoms with Gasteiger partial charge >= 0.3 is 0 Å². The normalized spacial score (nSPS) is 28.1. The van der Waals surface area contributed by atoms with E-state index in [0.717, 1.165) is 30.2 Å². The van der Waals surface area contributed by atoms with E-state index in [4.69, 9.17) is 0 Å². The first-order chi connectivity index (χ1) is 12.2. The fourth-order valence-corrected chi connectivity index (χ4v) is 5.86. The Labute approximate surface area is 153 Å². The molecule has 5 heteroatoms. The summed E-state index contributed by atoms with van der Waals surface area (Å²) in [6.45, 7) is 5.62. The highest BCUT2D eigenvalue weighted by Gasteiger charge is 2.43. The molecule has 2 saturated heterocycles. The standard InChI is InChI=1S/C20H27N3OS/c24-19(17-11-18-16(21-17)5-10-25-18)23-9-7-20(14-23)6-2-8-22(13-20)12-15-3-1-4-15/h5,10-11,15,21H,1-4,6-9,12-14H2/t20-/m1/s1. The molecule has 1 aliphatic carbocycles. The first-order valence-electron chi connectivity index (χ1n) is 9.79. The first-order valence-corrected chi connectivity index (χ1v) is 10.7. The number of piperidine rings is 1. The number of hydrogen-bond donors (Lipinski definition) is 1. The molecule has 3 aliphatic rings. The van der Waals surface area contributed by atoms with Crippen molar-refractivity contribution in [1.82, 2.24) is 14.8 Å². The molecule has 2 aromatic rings. The van der Waals surface area contributed by atoms with Crippen LogP contribution in [0.2, 0.25) is 0 Å². The average Bonchev–Trinajstić information content (AvgIpc) is 3.25. The lowest BCUT2D eigenvalue weighted by atomic mass is 9.78. The number of aromatic amines is 1. The van der Waals surface area contributed by atoms with Crippen LogP contribution in [0.4, 0.5) is 0 Å². The van der Waals surface area contributed by atoms with Crippen molar-refractivity contribution in [2.45, 2.75) is 38.5 Å². The molecule has 5 rings (SSSR count). The van der Waals surface area contributed by atoms with E-state index in [1.54, 1.807) is 11.3 Å². The molecule has 0 aromatic carbocycles. The molecule has 4 nitrogen and oxygen atoms in total. The van der Waals surface area contributed by atoms with E-state index in [-0.39, 0.29) is 5.91 Å². The van der Waals surface area contributed by atoms with Crippen molar-refractivity contribution in [3.8, 4) is 0 Å². The molecule has 1 spiro atoms. The molecule has 4 heterocycles. The van der Waals surface area contributed by atoms with Crippen molar-refractivity contribution in [2.24, 2.45) is 11.3 Å². The Morgan fingerprint density at radius 2 is 2.16 bits per heavy atom. The number of carbonyl (C=O) groups excluding carboxylic acids is 1. The molecule has 2 aromatic heterocycles. The van der Waals surface area contributed by atoms with E-state index in [9.17, 15) is 4.79 Å². The summed E-state index contributed by atoms with van der Waals surface area (Å²) in [4.78, 5) is 21.0. The Bertz CT molecular complexity index is 748. The number of nitrogens with zero attached hydrogens (tertiary/aromatic N) is 2. The van der Waals surface area contributed by atoms with Crippen molar-refractivity contribution in [3.63, 3.8) is 0 Å². The predicted octanol–water partition coefficient (Wildman–Crippen LogP) is 3.96. The smallest absolute Gasteiger partial charge is 0.270 e. The van der Waals surface area contributed by atoms with Gasteiger partial charge in [-0.15, -0.1) is 11.3 Å². The largest absolute Gasteiger partial charge is 0.350 e. The molecule has 25 heavy (non-hydrogen) atoms. The van der Waals surface area contributed by atoms with Crippen LogP contribution in [0.1, 0.15) is 49.0 Å². The van der Waals surface area contributed by atoms with Gasteiger partial charge in [0, 0.05) is 31.6 Å². The summed E-state index contributed by atoms with van der Waals surface area (Å²) in [6.07, 6.45) is 8.05. The SMILES string of the molecule is O=C(c1cc2sccc2[nH]1)N1CC[C@@]2(CCCN(CC3CCC3)C2)C1. The van der Waals surface area contributed by atoms with Crippen LogP contribution in [0.15, 0.2) is 17.5 Å². The first kappa shape index (κ1) is 15.9. The highest BCUT2D eigenvalue weighted by atomic mass is 32.1. The molecule has 1 amide bonds. The quantitative estimate of drug-likeness (QED) is 0.903.